The van der Waals surface area contributed by atoms with E-state index >= 15 is 0 Å². The minimum absolute atomic E-state index is 0.00487. The van der Waals surface area contributed by atoms with Crippen LogP contribution in [-0.2, 0) is 16.2 Å². The number of aromatic amines is 1. The summed E-state index contributed by atoms with van der Waals surface area (Å²) in [5.74, 6) is 0.878. The lowest BCUT2D eigenvalue weighted by Gasteiger charge is -2.37. The molecule has 284 valence electrons. The number of benzene rings is 6. The third-order valence-corrected chi connectivity index (χ3v) is 12.1. The van der Waals surface area contributed by atoms with Crippen LogP contribution in [0.25, 0.3) is 55.2 Å². The van der Waals surface area contributed by atoms with Crippen molar-refractivity contribution in [3.05, 3.63) is 203 Å². The average molecular weight is 754 g/mol. The second kappa shape index (κ2) is 13.2. The third kappa shape index (κ3) is 5.52. The number of hydrogen-bond acceptors (Lipinski definition) is 2. The molecule has 0 fully saturated rings. The Balaban J connectivity index is 1.30. The number of pyridine rings is 1. The summed E-state index contributed by atoms with van der Waals surface area (Å²) in [6.45, 7) is 13.7. The van der Waals surface area contributed by atoms with Gasteiger partial charge in [-0.1, -0.05) is 163 Å². The fraction of sp³-hybridized carbons (Fsp3) is 0.170. The summed E-state index contributed by atoms with van der Waals surface area (Å²) >= 11 is 0. The Morgan fingerprint density at radius 1 is 0.431 bits per heavy atom. The standard InChI is InChI=1S/C53H47N5/c1-51(2,3)35-25-29-37(30-26-35)53(38-31-27-36(28-32-38)52(4,5)6,39-15-13-16-40(33-39)57-45-20-10-9-19-43(45)44-34-54-56-50(44)57)48-23-14-24-49(55-48)58-46-21-11-7-17-41(46)42-18-8-12-22-47(42)58/h7-34H,1-6H3,(H,54,56). The van der Waals surface area contributed by atoms with Crippen LogP contribution in [0.1, 0.15) is 75.1 Å². The van der Waals surface area contributed by atoms with Crippen molar-refractivity contribution in [3.8, 4) is 11.5 Å². The number of aromatic nitrogens is 5. The van der Waals surface area contributed by atoms with E-state index in [4.69, 9.17) is 4.98 Å². The molecule has 58 heavy (non-hydrogen) atoms. The molecule has 0 atom stereocenters. The van der Waals surface area contributed by atoms with E-state index in [9.17, 15) is 0 Å². The summed E-state index contributed by atoms with van der Waals surface area (Å²) in [5, 5.41) is 12.5. The van der Waals surface area contributed by atoms with Crippen molar-refractivity contribution in [3.63, 3.8) is 0 Å². The number of H-pyrrole nitrogens is 1. The van der Waals surface area contributed by atoms with Gasteiger partial charge < -0.3 is 0 Å². The van der Waals surface area contributed by atoms with E-state index in [0.717, 1.165) is 61.5 Å². The maximum atomic E-state index is 5.78. The molecule has 5 nitrogen and oxygen atoms in total. The lowest BCUT2D eigenvalue weighted by molar-refractivity contribution is 0.588. The van der Waals surface area contributed by atoms with Crippen LogP contribution in [-0.4, -0.2) is 24.3 Å². The Labute approximate surface area is 339 Å². The molecule has 0 aliphatic rings. The summed E-state index contributed by atoms with van der Waals surface area (Å²) in [6.07, 6.45) is 1.93. The van der Waals surface area contributed by atoms with Gasteiger partial charge in [0.15, 0.2) is 0 Å². The minimum Gasteiger partial charge on any atom is -0.294 e. The van der Waals surface area contributed by atoms with Crippen LogP contribution in [0.4, 0.5) is 0 Å². The van der Waals surface area contributed by atoms with Crippen molar-refractivity contribution in [2.75, 3.05) is 0 Å². The van der Waals surface area contributed by atoms with Crippen molar-refractivity contribution in [1.82, 2.24) is 24.3 Å². The first-order chi connectivity index (χ1) is 28.0. The molecule has 0 amide bonds. The van der Waals surface area contributed by atoms with Crippen LogP contribution >= 0.6 is 0 Å². The maximum Gasteiger partial charge on any atom is 0.141 e. The Morgan fingerprint density at radius 3 is 1.47 bits per heavy atom. The van der Waals surface area contributed by atoms with Gasteiger partial charge in [0.2, 0.25) is 0 Å². The predicted molar refractivity (Wildman–Crippen MR) is 241 cm³/mol. The lowest BCUT2D eigenvalue weighted by atomic mass is 9.66. The Bertz CT molecular complexity index is 3010. The van der Waals surface area contributed by atoms with E-state index in [1.165, 1.54) is 27.3 Å². The lowest BCUT2D eigenvalue weighted by Crippen LogP contribution is -2.33. The van der Waals surface area contributed by atoms with Crippen molar-refractivity contribution < 1.29 is 0 Å². The number of rotatable bonds is 6. The molecule has 0 saturated carbocycles. The van der Waals surface area contributed by atoms with E-state index < -0.39 is 5.41 Å². The number of nitrogens with one attached hydrogen (secondary N) is 1. The fourth-order valence-electron chi connectivity index (χ4n) is 9.12. The summed E-state index contributed by atoms with van der Waals surface area (Å²) in [4.78, 5) is 5.78. The highest BCUT2D eigenvalue weighted by atomic mass is 15.2. The molecule has 0 saturated heterocycles. The van der Waals surface area contributed by atoms with Crippen molar-refractivity contribution >= 4 is 43.7 Å². The van der Waals surface area contributed by atoms with Crippen molar-refractivity contribution in [2.24, 2.45) is 0 Å². The number of para-hydroxylation sites is 3. The SMILES string of the molecule is CC(C)(C)c1ccc(C(c2ccc(C(C)(C)C)cc2)(c2cccc(-n3c4ccccc4c4cn[nH]c43)c2)c2cccc(-n3c4ccccc4c4ccccc43)n2)cc1. The molecule has 0 bridgehead atoms. The van der Waals surface area contributed by atoms with Crippen molar-refractivity contribution in [2.45, 2.75) is 57.8 Å². The third-order valence-electron chi connectivity index (χ3n) is 12.1. The van der Waals surface area contributed by atoms with Gasteiger partial charge in [-0.25, -0.2) is 4.98 Å². The van der Waals surface area contributed by atoms with Crippen LogP contribution in [0.15, 0.2) is 170 Å². The molecule has 0 radical (unpaired) electrons. The highest BCUT2D eigenvalue weighted by Gasteiger charge is 2.41. The monoisotopic (exact) mass is 753 g/mol. The van der Waals surface area contributed by atoms with Gasteiger partial charge in [0.05, 0.1) is 33.9 Å². The maximum absolute atomic E-state index is 5.78. The minimum atomic E-state index is -0.812. The second-order valence-corrected chi connectivity index (χ2v) is 17.7. The van der Waals surface area contributed by atoms with Crippen LogP contribution < -0.4 is 0 Å². The van der Waals surface area contributed by atoms with Crippen molar-refractivity contribution in [1.29, 1.82) is 0 Å². The van der Waals surface area contributed by atoms with E-state index in [-0.39, 0.29) is 10.8 Å². The molecule has 0 spiro atoms. The van der Waals surface area contributed by atoms with Crippen LogP contribution in [0.2, 0.25) is 0 Å². The topological polar surface area (TPSA) is 51.4 Å². The Hall–Kier alpha value is -6.72. The van der Waals surface area contributed by atoms with Gasteiger partial charge in [0.1, 0.15) is 11.5 Å². The molecule has 0 unspecified atom stereocenters. The molecule has 10 aromatic rings. The molecule has 4 aromatic heterocycles. The predicted octanol–water partition coefficient (Wildman–Crippen LogP) is 13.0. The molecule has 4 heterocycles. The van der Waals surface area contributed by atoms with Gasteiger partial charge in [-0.3, -0.25) is 14.2 Å². The first-order valence-corrected chi connectivity index (χ1v) is 20.2. The molecular formula is C53H47N5. The van der Waals surface area contributed by atoms with Crippen LogP contribution in [0.3, 0.4) is 0 Å². The average Bonchev–Trinajstić information content (AvgIpc) is 3.93. The van der Waals surface area contributed by atoms with E-state index in [1.54, 1.807) is 0 Å². The molecular weight excluding hydrogens is 707 g/mol. The second-order valence-electron chi connectivity index (χ2n) is 17.7. The Kier molecular flexibility index (Phi) is 8.10. The molecule has 0 aliphatic heterocycles. The molecule has 5 heteroatoms. The first-order valence-electron chi connectivity index (χ1n) is 20.2. The molecule has 10 rings (SSSR count). The zero-order chi connectivity index (χ0) is 39.8. The molecule has 1 N–H and O–H groups in total. The molecule has 0 aliphatic carbocycles. The van der Waals surface area contributed by atoms with Gasteiger partial charge in [-0.15, -0.1) is 0 Å². The van der Waals surface area contributed by atoms with Gasteiger partial charge in [-0.05, 0) is 81.1 Å². The fourth-order valence-corrected chi connectivity index (χ4v) is 9.12. The summed E-state index contributed by atoms with van der Waals surface area (Å²) in [6, 6.07) is 60.0. The summed E-state index contributed by atoms with van der Waals surface area (Å²) < 4.78 is 4.63. The quantitative estimate of drug-likeness (QED) is 0.172. The van der Waals surface area contributed by atoms with Gasteiger partial charge in [0, 0.05) is 27.2 Å². The zero-order valence-electron chi connectivity index (χ0n) is 34.0. The van der Waals surface area contributed by atoms with Crippen LogP contribution in [0.5, 0.6) is 0 Å². The zero-order valence-corrected chi connectivity index (χ0v) is 34.0. The van der Waals surface area contributed by atoms with Crippen LogP contribution in [0, 0.1) is 0 Å². The van der Waals surface area contributed by atoms with E-state index in [1.807, 2.05) is 6.20 Å². The molecule has 6 aromatic carbocycles. The van der Waals surface area contributed by atoms with Gasteiger partial charge >= 0.3 is 0 Å². The summed E-state index contributed by atoms with van der Waals surface area (Å²) in [7, 11) is 0. The number of fused-ring (bicyclic) bond motifs is 6. The largest absolute Gasteiger partial charge is 0.294 e. The number of nitrogens with zero attached hydrogens (tertiary/aromatic N) is 4. The van der Waals surface area contributed by atoms with E-state index in [0.29, 0.717) is 0 Å². The Morgan fingerprint density at radius 2 is 0.914 bits per heavy atom. The number of hydrogen-bond donors (Lipinski definition) is 1. The van der Waals surface area contributed by atoms with Gasteiger partial charge in [-0.2, -0.15) is 5.10 Å². The van der Waals surface area contributed by atoms with E-state index in [2.05, 4.69) is 225 Å². The van der Waals surface area contributed by atoms with Gasteiger partial charge in [0.25, 0.3) is 0 Å². The first kappa shape index (κ1) is 35.7. The normalized spacial score (nSPS) is 12.7. The highest BCUT2D eigenvalue weighted by molar-refractivity contribution is 6.09. The highest BCUT2D eigenvalue weighted by Crippen LogP contribution is 2.47. The smallest absolute Gasteiger partial charge is 0.141 e. The summed E-state index contributed by atoms with van der Waals surface area (Å²) in [5.41, 5.74) is 11.5.